The van der Waals surface area contributed by atoms with Crippen molar-refractivity contribution in [2.75, 3.05) is 5.32 Å². The van der Waals surface area contributed by atoms with Crippen LogP contribution in [0.4, 0.5) is 11.6 Å². The van der Waals surface area contributed by atoms with Crippen molar-refractivity contribution in [1.82, 2.24) is 9.97 Å². The van der Waals surface area contributed by atoms with Gasteiger partial charge in [-0.2, -0.15) is 0 Å². The maximum absolute atomic E-state index is 5.92. The minimum absolute atomic E-state index is 0.227. The van der Waals surface area contributed by atoms with Crippen molar-refractivity contribution in [3.05, 3.63) is 45.7 Å². The van der Waals surface area contributed by atoms with Crippen molar-refractivity contribution in [2.45, 2.75) is 0 Å². The monoisotopic (exact) mass is 342 g/mol. The summed E-state index contributed by atoms with van der Waals surface area (Å²) in [5, 5.41) is 3.66. The summed E-state index contributed by atoms with van der Waals surface area (Å²) >= 11 is 14.2. The highest BCUT2D eigenvalue weighted by atomic mass is 79.9. The number of hydrogen-bond acceptors (Lipinski definition) is 4. The number of hydrogen-bond donors (Lipinski definition) is 2. The summed E-state index contributed by atoms with van der Waals surface area (Å²) in [5.74, 6) is 0.406. The Bertz CT molecular complexity index is 605. The summed E-state index contributed by atoms with van der Waals surface area (Å²) in [6.07, 6.45) is 1.59. The lowest BCUT2D eigenvalue weighted by Gasteiger charge is -2.08. The lowest BCUT2D eigenvalue weighted by atomic mass is 10.3. The van der Waals surface area contributed by atoms with Gasteiger partial charge in [0.1, 0.15) is 10.7 Å². The number of halogens is 2. The quantitative estimate of drug-likeness (QED) is 0.837. The average Bonchev–Trinajstić information content (AvgIpc) is 2.34. The Morgan fingerprint density at radius 1 is 1.39 bits per heavy atom. The minimum Gasteiger partial charge on any atom is -0.388 e. The van der Waals surface area contributed by atoms with Gasteiger partial charge >= 0.3 is 0 Å². The van der Waals surface area contributed by atoms with Gasteiger partial charge in [0.05, 0.1) is 5.69 Å². The van der Waals surface area contributed by atoms with Crippen molar-refractivity contribution in [3.63, 3.8) is 0 Å². The molecule has 0 saturated heterocycles. The largest absolute Gasteiger partial charge is 0.388 e. The molecule has 92 valence electrons. The van der Waals surface area contributed by atoms with E-state index in [1.165, 1.54) is 0 Å². The van der Waals surface area contributed by atoms with Crippen LogP contribution in [0.3, 0.4) is 0 Å². The fourth-order valence-corrected chi connectivity index (χ4v) is 1.90. The molecule has 18 heavy (non-hydrogen) atoms. The lowest BCUT2D eigenvalue weighted by molar-refractivity contribution is 1.15. The Balaban J connectivity index is 2.31. The van der Waals surface area contributed by atoms with Crippen LogP contribution in [0.2, 0.25) is 5.02 Å². The Hall–Kier alpha value is -1.24. The molecule has 2 rings (SSSR count). The van der Waals surface area contributed by atoms with Crippen molar-refractivity contribution in [3.8, 4) is 0 Å². The van der Waals surface area contributed by atoms with Gasteiger partial charge in [0.25, 0.3) is 0 Å². The second-order valence-electron chi connectivity index (χ2n) is 3.38. The molecule has 0 aliphatic rings. The minimum atomic E-state index is 0.227. The predicted molar refractivity (Wildman–Crippen MR) is 80.4 cm³/mol. The fraction of sp³-hybridized carbons (Fsp3) is 0. The molecule has 4 nitrogen and oxygen atoms in total. The number of anilines is 2. The maximum Gasteiger partial charge on any atom is 0.227 e. The number of benzene rings is 1. The zero-order chi connectivity index (χ0) is 13.1. The topological polar surface area (TPSA) is 63.8 Å². The van der Waals surface area contributed by atoms with Gasteiger partial charge in [-0.05, 0) is 40.2 Å². The third-order valence-electron chi connectivity index (χ3n) is 2.08. The molecule has 7 heteroatoms. The van der Waals surface area contributed by atoms with Crippen LogP contribution in [0.25, 0.3) is 0 Å². The van der Waals surface area contributed by atoms with Gasteiger partial charge in [0.15, 0.2) is 0 Å². The van der Waals surface area contributed by atoms with E-state index in [1.54, 1.807) is 24.4 Å². The van der Waals surface area contributed by atoms with Gasteiger partial charge < -0.3 is 11.1 Å². The number of nitrogens with zero attached hydrogens (tertiary/aromatic N) is 2. The molecule has 0 unspecified atom stereocenters. The van der Waals surface area contributed by atoms with Crippen LogP contribution in [0.5, 0.6) is 0 Å². The number of thiocarbonyl (C=S) groups is 1. The van der Waals surface area contributed by atoms with Crippen molar-refractivity contribution < 1.29 is 0 Å². The third kappa shape index (κ3) is 3.16. The van der Waals surface area contributed by atoms with Crippen molar-refractivity contribution in [1.29, 1.82) is 0 Å². The predicted octanol–water partition coefficient (Wildman–Crippen LogP) is 3.27. The zero-order valence-corrected chi connectivity index (χ0v) is 12.2. The Kier molecular flexibility index (Phi) is 4.11. The third-order valence-corrected chi connectivity index (χ3v) is 3.22. The summed E-state index contributed by atoms with van der Waals surface area (Å²) in [5.41, 5.74) is 6.79. The van der Waals surface area contributed by atoms with Crippen LogP contribution in [-0.4, -0.2) is 15.0 Å². The molecule has 1 aromatic carbocycles. The van der Waals surface area contributed by atoms with Crippen LogP contribution < -0.4 is 11.1 Å². The van der Waals surface area contributed by atoms with Crippen LogP contribution in [0, 0.1) is 0 Å². The van der Waals surface area contributed by atoms with Crippen molar-refractivity contribution >= 4 is 56.4 Å². The average molecular weight is 344 g/mol. The Morgan fingerprint density at radius 3 is 2.89 bits per heavy atom. The molecule has 0 aliphatic heterocycles. The number of nitrogens with one attached hydrogen (secondary N) is 1. The second-order valence-corrected chi connectivity index (χ2v) is 5.11. The van der Waals surface area contributed by atoms with Crippen LogP contribution in [0.1, 0.15) is 5.69 Å². The molecule has 3 N–H and O–H groups in total. The molecular formula is C11H8BrClN4S. The van der Waals surface area contributed by atoms with E-state index in [1.807, 2.05) is 6.07 Å². The first-order chi connectivity index (χ1) is 8.56. The first-order valence-electron chi connectivity index (χ1n) is 4.91. The van der Waals surface area contributed by atoms with E-state index in [0.717, 1.165) is 10.2 Å². The van der Waals surface area contributed by atoms with E-state index >= 15 is 0 Å². The number of aromatic nitrogens is 2. The highest BCUT2D eigenvalue weighted by molar-refractivity contribution is 9.10. The molecule has 0 radical (unpaired) electrons. The molecule has 0 spiro atoms. The molecule has 0 aliphatic carbocycles. The Morgan fingerprint density at radius 2 is 2.17 bits per heavy atom. The molecule has 2 aromatic rings. The van der Waals surface area contributed by atoms with Gasteiger partial charge in [-0.15, -0.1) is 0 Å². The van der Waals surface area contributed by atoms with Crippen LogP contribution in [0.15, 0.2) is 34.9 Å². The van der Waals surface area contributed by atoms with Gasteiger partial charge in [0.2, 0.25) is 5.95 Å². The fourth-order valence-electron chi connectivity index (χ4n) is 1.27. The van der Waals surface area contributed by atoms with Gasteiger partial charge in [-0.25, -0.2) is 9.97 Å². The molecule has 0 bridgehead atoms. The number of nitrogens with two attached hydrogens (primary N) is 1. The molecule has 1 heterocycles. The van der Waals surface area contributed by atoms with E-state index in [9.17, 15) is 0 Å². The summed E-state index contributed by atoms with van der Waals surface area (Å²) in [6.45, 7) is 0. The lowest BCUT2D eigenvalue weighted by Crippen LogP contribution is -2.12. The van der Waals surface area contributed by atoms with E-state index < -0.39 is 0 Å². The molecule has 0 saturated carbocycles. The van der Waals surface area contributed by atoms with E-state index in [0.29, 0.717) is 16.7 Å². The van der Waals surface area contributed by atoms with E-state index in [-0.39, 0.29) is 4.99 Å². The van der Waals surface area contributed by atoms with Gasteiger partial charge in [-0.1, -0.05) is 23.8 Å². The van der Waals surface area contributed by atoms with Crippen molar-refractivity contribution in [2.24, 2.45) is 5.73 Å². The van der Waals surface area contributed by atoms with Gasteiger partial charge in [-0.3, -0.25) is 0 Å². The molecule has 0 amide bonds. The molecule has 1 aromatic heterocycles. The highest BCUT2D eigenvalue weighted by Crippen LogP contribution is 2.27. The van der Waals surface area contributed by atoms with Crippen LogP contribution in [-0.2, 0) is 0 Å². The summed E-state index contributed by atoms with van der Waals surface area (Å²) < 4.78 is 0.858. The highest BCUT2D eigenvalue weighted by Gasteiger charge is 2.05. The SMILES string of the molecule is NC(=S)c1ccnc(Nc2cc(Cl)ccc2Br)n1. The number of rotatable bonds is 3. The Labute approximate surface area is 123 Å². The van der Waals surface area contributed by atoms with Gasteiger partial charge in [0, 0.05) is 15.7 Å². The molecule has 0 atom stereocenters. The first-order valence-corrected chi connectivity index (χ1v) is 6.49. The summed E-state index contributed by atoms with van der Waals surface area (Å²) in [4.78, 5) is 8.50. The molecule has 0 fully saturated rings. The van der Waals surface area contributed by atoms with E-state index in [4.69, 9.17) is 29.6 Å². The van der Waals surface area contributed by atoms with Crippen LogP contribution >= 0.6 is 39.7 Å². The van der Waals surface area contributed by atoms with E-state index in [2.05, 4.69) is 31.2 Å². The first kappa shape index (κ1) is 13.2. The normalized spacial score (nSPS) is 10.1. The second kappa shape index (κ2) is 5.60. The zero-order valence-electron chi connectivity index (χ0n) is 9.02. The smallest absolute Gasteiger partial charge is 0.227 e. The molecular weight excluding hydrogens is 336 g/mol. The maximum atomic E-state index is 5.92. The standard InChI is InChI=1S/C11H8BrClN4S/c12-7-2-1-6(13)5-9(7)17-11-15-4-3-8(16-11)10(14)18/h1-5H,(H2,14,18)(H,15,16,17). The summed E-state index contributed by atoms with van der Waals surface area (Å²) in [7, 11) is 0. The summed E-state index contributed by atoms with van der Waals surface area (Å²) in [6, 6.07) is 7.04.